The quantitative estimate of drug-likeness (QED) is 0.647. The zero-order valence-electron chi connectivity index (χ0n) is 16.2. The number of hydrogen-bond acceptors (Lipinski definition) is 5. The summed E-state index contributed by atoms with van der Waals surface area (Å²) < 4.78 is 20.0. The van der Waals surface area contributed by atoms with Crippen molar-refractivity contribution >= 4 is 5.91 Å². The molecule has 3 N–H and O–H groups in total. The van der Waals surface area contributed by atoms with Crippen LogP contribution < -0.4 is 16.4 Å². The Bertz CT molecular complexity index is 457. The normalized spacial score (nSPS) is 34.2. The second-order valence-corrected chi connectivity index (χ2v) is 8.37. The SMILES string of the molecule is CC(C)O[C@H]1CCN(C(=O)CC2NNNC2C2CCCCCC2)C[C@H]1F. The zero-order chi connectivity index (χ0) is 18.5. The van der Waals surface area contributed by atoms with Crippen molar-refractivity contribution < 1.29 is 13.9 Å². The summed E-state index contributed by atoms with van der Waals surface area (Å²) in [6, 6.07) is 0.327. The Morgan fingerprint density at radius 3 is 2.54 bits per heavy atom. The lowest BCUT2D eigenvalue weighted by molar-refractivity contribution is -0.139. The molecule has 2 heterocycles. The number of halogens is 1. The number of rotatable bonds is 5. The van der Waals surface area contributed by atoms with Crippen molar-refractivity contribution in [3.8, 4) is 0 Å². The minimum atomic E-state index is -1.10. The summed E-state index contributed by atoms with van der Waals surface area (Å²) >= 11 is 0. The summed E-state index contributed by atoms with van der Waals surface area (Å²) in [5.41, 5.74) is 9.56. The van der Waals surface area contributed by atoms with Gasteiger partial charge in [-0.2, -0.15) is 5.53 Å². The lowest BCUT2D eigenvalue weighted by atomic mass is 9.86. The van der Waals surface area contributed by atoms with Crippen molar-refractivity contribution in [2.24, 2.45) is 5.92 Å². The Labute approximate surface area is 156 Å². The van der Waals surface area contributed by atoms with Crippen molar-refractivity contribution in [2.45, 2.75) is 95.7 Å². The minimum absolute atomic E-state index is 0.0145. The maximum atomic E-state index is 14.4. The smallest absolute Gasteiger partial charge is 0.224 e. The third-order valence-electron chi connectivity index (χ3n) is 6.01. The fourth-order valence-electron chi connectivity index (χ4n) is 4.63. The number of likely N-dealkylation sites (tertiary alicyclic amines) is 1. The Balaban J connectivity index is 1.51. The molecule has 1 aliphatic carbocycles. The first-order chi connectivity index (χ1) is 12.5. The summed E-state index contributed by atoms with van der Waals surface area (Å²) in [4.78, 5) is 14.4. The van der Waals surface area contributed by atoms with Crippen LogP contribution in [0, 0.1) is 5.92 Å². The molecule has 150 valence electrons. The van der Waals surface area contributed by atoms with Gasteiger partial charge in [0.05, 0.1) is 18.8 Å². The molecule has 7 heteroatoms. The van der Waals surface area contributed by atoms with E-state index in [0.29, 0.717) is 25.3 Å². The number of nitrogens with zero attached hydrogens (tertiary/aromatic N) is 1. The van der Waals surface area contributed by atoms with Crippen LogP contribution in [-0.2, 0) is 9.53 Å². The number of amides is 1. The van der Waals surface area contributed by atoms with Gasteiger partial charge in [0.2, 0.25) is 5.91 Å². The van der Waals surface area contributed by atoms with Crippen molar-refractivity contribution in [1.82, 2.24) is 21.3 Å². The van der Waals surface area contributed by atoms with E-state index >= 15 is 0 Å². The lowest BCUT2D eigenvalue weighted by Crippen LogP contribution is -2.51. The van der Waals surface area contributed by atoms with Crippen LogP contribution in [0.25, 0.3) is 0 Å². The standard InChI is InChI=1S/C19H35FN4O2/c1-13(2)26-17-9-10-24(12-15(17)20)18(25)11-16-19(22-23-21-16)14-7-5-3-4-6-8-14/h13-17,19,21-23H,3-12H2,1-2H3/t15-,16?,17+,19?/m1/s1. The number of carbonyl (C=O) groups excluding carboxylic acids is 1. The van der Waals surface area contributed by atoms with Gasteiger partial charge in [-0.3, -0.25) is 4.79 Å². The van der Waals surface area contributed by atoms with E-state index in [9.17, 15) is 9.18 Å². The van der Waals surface area contributed by atoms with Crippen molar-refractivity contribution in [1.29, 1.82) is 0 Å². The second-order valence-electron chi connectivity index (χ2n) is 8.37. The van der Waals surface area contributed by atoms with Gasteiger partial charge in [-0.25, -0.2) is 15.2 Å². The molecule has 3 rings (SSSR count). The van der Waals surface area contributed by atoms with Crippen LogP contribution in [0.5, 0.6) is 0 Å². The van der Waals surface area contributed by atoms with E-state index < -0.39 is 6.17 Å². The Kier molecular flexibility index (Phi) is 7.26. The second kappa shape index (κ2) is 9.44. The topological polar surface area (TPSA) is 65.6 Å². The highest BCUT2D eigenvalue weighted by Crippen LogP contribution is 2.29. The van der Waals surface area contributed by atoms with Gasteiger partial charge in [0, 0.05) is 25.0 Å². The van der Waals surface area contributed by atoms with E-state index in [2.05, 4.69) is 16.4 Å². The summed E-state index contributed by atoms with van der Waals surface area (Å²) in [6.45, 7) is 4.57. The number of hydrazine groups is 2. The third-order valence-corrected chi connectivity index (χ3v) is 6.01. The summed E-state index contributed by atoms with van der Waals surface area (Å²) in [5.74, 6) is 0.633. The van der Waals surface area contributed by atoms with Gasteiger partial charge >= 0.3 is 0 Å². The van der Waals surface area contributed by atoms with Crippen LogP contribution in [-0.4, -0.2) is 54.4 Å². The molecular formula is C19H35FN4O2. The van der Waals surface area contributed by atoms with Crippen LogP contribution in [0.4, 0.5) is 4.39 Å². The number of alkyl halides is 1. The first-order valence-electron chi connectivity index (χ1n) is 10.4. The van der Waals surface area contributed by atoms with Crippen LogP contribution in [0.2, 0.25) is 0 Å². The fourth-order valence-corrected chi connectivity index (χ4v) is 4.63. The molecule has 3 fully saturated rings. The number of piperidine rings is 1. The van der Waals surface area contributed by atoms with Gasteiger partial charge < -0.3 is 9.64 Å². The molecule has 0 aromatic heterocycles. The highest BCUT2D eigenvalue weighted by molar-refractivity contribution is 5.77. The van der Waals surface area contributed by atoms with E-state index in [1.165, 1.54) is 38.5 Å². The fraction of sp³-hybridized carbons (Fsp3) is 0.947. The number of hydrogen-bond donors (Lipinski definition) is 3. The molecule has 1 saturated carbocycles. The lowest BCUT2D eigenvalue weighted by Gasteiger charge is -2.36. The van der Waals surface area contributed by atoms with Gasteiger partial charge in [-0.15, -0.1) is 0 Å². The van der Waals surface area contributed by atoms with Crippen molar-refractivity contribution in [2.75, 3.05) is 13.1 Å². The number of ether oxygens (including phenoxy) is 1. The van der Waals surface area contributed by atoms with Gasteiger partial charge in [0.25, 0.3) is 0 Å². The van der Waals surface area contributed by atoms with Crippen LogP contribution in [0.3, 0.4) is 0 Å². The zero-order valence-corrected chi connectivity index (χ0v) is 16.2. The molecule has 1 amide bonds. The van der Waals surface area contributed by atoms with Gasteiger partial charge in [0.15, 0.2) is 0 Å². The molecule has 0 spiro atoms. The molecule has 2 unspecified atom stereocenters. The predicted octanol–water partition coefficient (Wildman–Crippen LogP) is 2.06. The van der Waals surface area contributed by atoms with Crippen LogP contribution in [0.15, 0.2) is 0 Å². The minimum Gasteiger partial charge on any atom is -0.372 e. The average Bonchev–Trinajstić information content (AvgIpc) is 2.89. The first-order valence-corrected chi connectivity index (χ1v) is 10.4. The van der Waals surface area contributed by atoms with E-state index in [-0.39, 0.29) is 36.7 Å². The van der Waals surface area contributed by atoms with E-state index in [1.807, 2.05) is 13.8 Å². The van der Waals surface area contributed by atoms with Crippen LogP contribution >= 0.6 is 0 Å². The van der Waals surface area contributed by atoms with Crippen molar-refractivity contribution in [3.05, 3.63) is 0 Å². The maximum Gasteiger partial charge on any atom is 0.224 e. The predicted molar refractivity (Wildman–Crippen MR) is 98.9 cm³/mol. The maximum absolute atomic E-state index is 14.4. The molecule has 2 saturated heterocycles. The largest absolute Gasteiger partial charge is 0.372 e. The molecule has 0 bridgehead atoms. The molecule has 0 aromatic carbocycles. The molecular weight excluding hydrogens is 335 g/mol. The molecule has 26 heavy (non-hydrogen) atoms. The van der Waals surface area contributed by atoms with E-state index in [4.69, 9.17) is 4.74 Å². The monoisotopic (exact) mass is 370 g/mol. The number of carbonyl (C=O) groups is 1. The molecule has 3 aliphatic rings. The van der Waals surface area contributed by atoms with E-state index in [0.717, 1.165) is 0 Å². The summed E-state index contributed by atoms with van der Waals surface area (Å²) in [5, 5.41) is 0. The first kappa shape index (κ1) is 20.0. The van der Waals surface area contributed by atoms with Crippen LogP contribution in [0.1, 0.15) is 65.2 Å². The van der Waals surface area contributed by atoms with E-state index in [1.54, 1.807) is 4.90 Å². The molecule has 4 atom stereocenters. The molecule has 6 nitrogen and oxygen atoms in total. The average molecular weight is 371 g/mol. The highest BCUT2D eigenvalue weighted by atomic mass is 19.1. The van der Waals surface area contributed by atoms with Gasteiger partial charge in [-0.05, 0) is 39.0 Å². The van der Waals surface area contributed by atoms with Gasteiger partial charge in [-0.1, -0.05) is 25.7 Å². The molecule has 0 radical (unpaired) electrons. The third kappa shape index (κ3) is 5.15. The highest BCUT2D eigenvalue weighted by Gasteiger charge is 2.38. The van der Waals surface area contributed by atoms with Gasteiger partial charge in [0.1, 0.15) is 6.17 Å². The number of nitrogens with one attached hydrogen (secondary N) is 3. The molecule has 2 aliphatic heterocycles. The Morgan fingerprint density at radius 1 is 1.15 bits per heavy atom. The van der Waals surface area contributed by atoms with Crippen molar-refractivity contribution in [3.63, 3.8) is 0 Å². The Hall–Kier alpha value is -0.760. The summed E-state index contributed by atoms with van der Waals surface area (Å²) in [6.07, 6.45) is 7.14. The Morgan fingerprint density at radius 2 is 1.88 bits per heavy atom. The summed E-state index contributed by atoms with van der Waals surface area (Å²) in [7, 11) is 0. The molecule has 0 aromatic rings.